The van der Waals surface area contributed by atoms with Gasteiger partial charge in [0.15, 0.2) is 0 Å². The van der Waals surface area contributed by atoms with E-state index in [1.54, 1.807) is 12.1 Å². The van der Waals surface area contributed by atoms with Crippen molar-refractivity contribution in [3.05, 3.63) is 84.4 Å². The monoisotopic (exact) mass is 362 g/mol. The fourth-order valence-electron chi connectivity index (χ4n) is 2.54. The van der Waals surface area contributed by atoms with Crippen molar-refractivity contribution in [2.24, 2.45) is 0 Å². The van der Waals surface area contributed by atoms with Gasteiger partial charge in [0.25, 0.3) is 0 Å². The van der Waals surface area contributed by atoms with Crippen LogP contribution in [-0.2, 0) is 11.2 Å². The predicted octanol–water partition coefficient (Wildman–Crippen LogP) is 3.91. The molecule has 0 atom stereocenters. The van der Waals surface area contributed by atoms with E-state index >= 15 is 0 Å². The van der Waals surface area contributed by atoms with Gasteiger partial charge >= 0.3 is 0 Å². The van der Waals surface area contributed by atoms with E-state index in [1.165, 1.54) is 0 Å². The highest BCUT2D eigenvalue weighted by Crippen LogP contribution is 2.24. The quantitative estimate of drug-likeness (QED) is 0.471. The van der Waals surface area contributed by atoms with Crippen LogP contribution in [0.15, 0.2) is 78.9 Å². The molecule has 0 heterocycles. The molecule has 27 heavy (non-hydrogen) atoms. The number of ether oxygens (including phenoxy) is 2. The normalized spacial score (nSPS) is 10.2. The second kappa shape index (κ2) is 9.29. The summed E-state index contributed by atoms with van der Waals surface area (Å²) in [7, 11) is 0. The van der Waals surface area contributed by atoms with E-state index in [1.807, 2.05) is 66.7 Å². The molecule has 3 aromatic rings. The van der Waals surface area contributed by atoms with Gasteiger partial charge in [0.1, 0.15) is 24.7 Å². The maximum atomic E-state index is 12.3. The second-order valence-electron chi connectivity index (χ2n) is 5.97. The molecule has 0 saturated carbocycles. The number of carbonyl (C=O) groups is 1. The zero-order chi connectivity index (χ0) is 18.9. The molecule has 3 N–H and O–H groups in total. The first-order chi connectivity index (χ1) is 13.2. The van der Waals surface area contributed by atoms with Crippen LogP contribution in [0.1, 0.15) is 5.56 Å². The number of nitrogens with one attached hydrogen (secondary N) is 1. The number of carbonyl (C=O) groups excluding carboxylic acids is 1. The highest BCUT2D eigenvalue weighted by molar-refractivity contribution is 5.93. The maximum absolute atomic E-state index is 12.3. The molecule has 0 aliphatic heterocycles. The molecule has 0 aliphatic carbocycles. The number of amides is 1. The lowest BCUT2D eigenvalue weighted by molar-refractivity contribution is -0.115. The first kappa shape index (κ1) is 18.3. The molecule has 0 saturated heterocycles. The van der Waals surface area contributed by atoms with E-state index in [4.69, 9.17) is 15.2 Å². The minimum Gasteiger partial charge on any atom is -0.490 e. The summed E-state index contributed by atoms with van der Waals surface area (Å²) in [6, 6.07) is 24.2. The van der Waals surface area contributed by atoms with Crippen LogP contribution in [0, 0.1) is 0 Å². The third-order valence-corrected chi connectivity index (χ3v) is 3.86. The molecule has 3 aromatic carbocycles. The Kier molecular flexibility index (Phi) is 6.30. The largest absolute Gasteiger partial charge is 0.490 e. The average molecular weight is 362 g/mol. The lowest BCUT2D eigenvalue weighted by Gasteiger charge is -2.13. The Bertz CT molecular complexity index is 864. The van der Waals surface area contributed by atoms with Crippen LogP contribution >= 0.6 is 0 Å². The summed E-state index contributed by atoms with van der Waals surface area (Å²) in [5, 5.41) is 2.90. The van der Waals surface area contributed by atoms with E-state index in [9.17, 15) is 4.79 Å². The number of rotatable bonds is 8. The van der Waals surface area contributed by atoms with Crippen molar-refractivity contribution < 1.29 is 14.3 Å². The summed E-state index contributed by atoms with van der Waals surface area (Å²) in [6.07, 6.45) is 0.270. The Morgan fingerprint density at radius 3 is 2.26 bits per heavy atom. The van der Waals surface area contributed by atoms with E-state index in [0.29, 0.717) is 30.3 Å². The Labute approximate surface area is 158 Å². The molecule has 0 aromatic heterocycles. The van der Waals surface area contributed by atoms with Crippen molar-refractivity contribution >= 4 is 17.3 Å². The SMILES string of the molecule is Nc1ccc(CC(=O)Nc2ccccc2OCCOc2ccccc2)cc1. The summed E-state index contributed by atoms with van der Waals surface area (Å²) < 4.78 is 11.4. The topological polar surface area (TPSA) is 73.6 Å². The smallest absolute Gasteiger partial charge is 0.228 e. The average Bonchev–Trinajstić information content (AvgIpc) is 2.69. The number of nitrogen functional groups attached to an aromatic ring is 1. The van der Waals surface area contributed by atoms with E-state index < -0.39 is 0 Å². The predicted molar refractivity (Wildman–Crippen MR) is 107 cm³/mol. The molecule has 0 bridgehead atoms. The number of hydrogen-bond donors (Lipinski definition) is 2. The number of anilines is 2. The lowest BCUT2D eigenvalue weighted by Crippen LogP contribution is -2.16. The van der Waals surface area contributed by atoms with Gasteiger partial charge in [0.05, 0.1) is 12.1 Å². The van der Waals surface area contributed by atoms with Gasteiger partial charge in [-0.05, 0) is 42.0 Å². The van der Waals surface area contributed by atoms with Gasteiger partial charge in [-0.1, -0.05) is 42.5 Å². The Hall–Kier alpha value is -3.47. The van der Waals surface area contributed by atoms with Gasteiger partial charge in [0.2, 0.25) is 5.91 Å². The minimum absolute atomic E-state index is 0.114. The van der Waals surface area contributed by atoms with Crippen LogP contribution in [0.4, 0.5) is 11.4 Å². The van der Waals surface area contributed by atoms with Gasteiger partial charge in [-0.15, -0.1) is 0 Å². The third kappa shape index (κ3) is 5.78. The van der Waals surface area contributed by atoms with Gasteiger partial charge in [-0.3, -0.25) is 4.79 Å². The summed E-state index contributed by atoms with van der Waals surface area (Å²) in [4.78, 5) is 12.3. The van der Waals surface area contributed by atoms with Gasteiger partial charge in [-0.2, -0.15) is 0 Å². The maximum Gasteiger partial charge on any atom is 0.228 e. The number of para-hydroxylation sites is 3. The van der Waals surface area contributed by atoms with Crippen LogP contribution in [0.5, 0.6) is 11.5 Å². The van der Waals surface area contributed by atoms with Crippen molar-refractivity contribution in [2.45, 2.75) is 6.42 Å². The molecule has 0 radical (unpaired) electrons. The second-order valence-corrected chi connectivity index (χ2v) is 5.97. The van der Waals surface area contributed by atoms with Crippen LogP contribution in [-0.4, -0.2) is 19.1 Å². The third-order valence-electron chi connectivity index (χ3n) is 3.86. The molecule has 0 spiro atoms. The van der Waals surface area contributed by atoms with E-state index in [2.05, 4.69) is 5.32 Å². The number of nitrogens with two attached hydrogens (primary N) is 1. The van der Waals surface area contributed by atoms with Gasteiger partial charge < -0.3 is 20.5 Å². The summed E-state index contributed by atoms with van der Waals surface area (Å²) in [5.41, 5.74) is 7.88. The van der Waals surface area contributed by atoms with Gasteiger partial charge in [0, 0.05) is 5.69 Å². The first-order valence-electron chi connectivity index (χ1n) is 8.74. The van der Waals surface area contributed by atoms with Crippen molar-refractivity contribution in [3.8, 4) is 11.5 Å². The Balaban J connectivity index is 1.52. The molecule has 1 amide bonds. The fraction of sp³-hybridized carbons (Fsp3) is 0.136. The molecule has 0 unspecified atom stereocenters. The van der Waals surface area contributed by atoms with Crippen LogP contribution in [0.25, 0.3) is 0 Å². The first-order valence-corrected chi connectivity index (χ1v) is 8.74. The fourth-order valence-corrected chi connectivity index (χ4v) is 2.54. The van der Waals surface area contributed by atoms with Gasteiger partial charge in [-0.25, -0.2) is 0 Å². The number of hydrogen-bond acceptors (Lipinski definition) is 4. The highest BCUT2D eigenvalue weighted by atomic mass is 16.5. The molecule has 0 fully saturated rings. The van der Waals surface area contributed by atoms with Crippen LogP contribution in [0.3, 0.4) is 0 Å². The van der Waals surface area contributed by atoms with E-state index in [0.717, 1.165) is 11.3 Å². The van der Waals surface area contributed by atoms with Crippen molar-refractivity contribution in [1.29, 1.82) is 0 Å². The number of benzene rings is 3. The molecule has 138 valence electrons. The van der Waals surface area contributed by atoms with Crippen LogP contribution < -0.4 is 20.5 Å². The molecule has 0 aliphatic rings. The molecular formula is C22H22N2O3. The van der Waals surface area contributed by atoms with Crippen molar-refractivity contribution in [2.75, 3.05) is 24.3 Å². The zero-order valence-electron chi connectivity index (χ0n) is 14.9. The molecule has 5 nitrogen and oxygen atoms in total. The lowest BCUT2D eigenvalue weighted by atomic mass is 10.1. The summed E-state index contributed by atoms with van der Waals surface area (Å²) in [5.74, 6) is 1.29. The summed E-state index contributed by atoms with van der Waals surface area (Å²) in [6.45, 7) is 0.789. The molecular weight excluding hydrogens is 340 g/mol. The van der Waals surface area contributed by atoms with E-state index in [-0.39, 0.29) is 12.3 Å². The molecule has 5 heteroatoms. The van der Waals surface area contributed by atoms with Crippen molar-refractivity contribution in [3.63, 3.8) is 0 Å². The highest BCUT2D eigenvalue weighted by Gasteiger charge is 2.08. The minimum atomic E-state index is -0.114. The van der Waals surface area contributed by atoms with Crippen LogP contribution in [0.2, 0.25) is 0 Å². The standard InChI is InChI=1S/C22H22N2O3/c23-18-12-10-17(11-13-18)16-22(25)24-20-8-4-5-9-21(20)27-15-14-26-19-6-2-1-3-7-19/h1-13H,14-16,23H2,(H,24,25). The zero-order valence-corrected chi connectivity index (χ0v) is 14.9. The summed E-state index contributed by atoms with van der Waals surface area (Å²) >= 11 is 0. The van der Waals surface area contributed by atoms with Crippen molar-refractivity contribution in [1.82, 2.24) is 0 Å². The molecule has 3 rings (SSSR count). The Morgan fingerprint density at radius 2 is 1.48 bits per heavy atom. The Morgan fingerprint density at radius 1 is 0.815 bits per heavy atom.